The summed E-state index contributed by atoms with van der Waals surface area (Å²) in [6.07, 6.45) is 1.44. The van der Waals surface area contributed by atoms with Gasteiger partial charge in [0.05, 0.1) is 6.20 Å². The molecule has 0 aliphatic rings. The molecule has 10 heavy (non-hydrogen) atoms. The van der Waals surface area contributed by atoms with Gasteiger partial charge in [-0.1, -0.05) is 5.16 Å². The summed E-state index contributed by atoms with van der Waals surface area (Å²) in [6.45, 7) is 2.44. The zero-order valence-electron chi connectivity index (χ0n) is 5.63. The summed E-state index contributed by atoms with van der Waals surface area (Å²) < 4.78 is 4.59. The Kier molecular flexibility index (Phi) is 2.04. The molecule has 1 aromatic rings. The van der Waals surface area contributed by atoms with E-state index in [1.807, 2.05) is 6.92 Å². The standard InChI is InChI=1S/C6H8N2O2/c1-2-7-6(9)5-3-4-8-10-5/h3-4H,2H2,1H3,(H,7,9). The maximum atomic E-state index is 10.9. The molecule has 54 valence electrons. The van der Waals surface area contributed by atoms with Crippen LogP contribution in [0.3, 0.4) is 0 Å². The average Bonchev–Trinajstić information content (AvgIpc) is 2.38. The Morgan fingerprint density at radius 3 is 3.20 bits per heavy atom. The molecule has 0 atom stereocenters. The van der Waals surface area contributed by atoms with Gasteiger partial charge in [0.25, 0.3) is 5.91 Å². The van der Waals surface area contributed by atoms with Crippen LogP contribution in [-0.4, -0.2) is 17.6 Å². The summed E-state index contributed by atoms with van der Waals surface area (Å²) in [5.41, 5.74) is 0. The van der Waals surface area contributed by atoms with Gasteiger partial charge in [0, 0.05) is 12.6 Å². The number of nitrogens with zero attached hydrogens (tertiary/aromatic N) is 1. The van der Waals surface area contributed by atoms with E-state index in [9.17, 15) is 4.79 Å². The zero-order valence-corrected chi connectivity index (χ0v) is 5.63. The molecule has 1 amide bonds. The van der Waals surface area contributed by atoms with Crippen LogP contribution in [0.15, 0.2) is 16.8 Å². The molecule has 0 saturated heterocycles. The maximum absolute atomic E-state index is 10.9. The van der Waals surface area contributed by atoms with Crippen LogP contribution in [0, 0.1) is 0 Å². The fraction of sp³-hybridized carbons (Fsp3) is 0.333. The number of carbonyl (C=O) groups excluding carboxylic acids is 1. The van der Waals surface area contributed by atoms with Crippen molar-refractivity contribution in [1.82, 2.24) is 10.5 Å². The molecular formula is C6H8N2O2. The van der Waals surface area contributed by atoms with Crippen LogP contribution in [0.1, 0.15) is 17.5 Å². The predicted molar refractivity (Wildman–Crippen MR) is 34.5 cm³/mol. The van der Waals surface area contributed by atoms with E-state index in [4.69, 9.17) is 0 Å². The van der Waals surface area contributed by atoms with Crippen LogP contribution in [0.25, 0.3) is 0 Å². The average molecular weight is 140 g/mol. The van der Waals surface area contributed by atoms with E-state index in [1.54, 1.807) is 0 Å². The minimum atomic E-state index is -0.222. The van der Waals surface area contributed by atoms with Crippen molar-refractivity contribution in [2.45, 2.75) is 6.92 Å². The van der Waals surface area contributed by atoms with Crippen molar-refractivity contribution in [2.24, 2.45) is 0 Å². The highest BCUT2D eigenvalue weighted by Crippen LogP contribution is 1.94. The molecule has 0 saturated carbocycles. The zero-order chi connectivity index (χ0) is 7.40. The summed E-state index contributed by atoms with van der Waals surface area (Å²) >= 11 is 0. The van der Waals surface area contributed by atoms with E-state index in [0.717, 1.165) is 0 Å². The van der Waals surface area contributed by atoms with Crippen molar-refractivity contribution in [2.75, 3.05) is 6.54 Å². The second-order valence-corrected chi connectivity index (χ2v) is 1.74. The lowest BCUT2D eigenvalue weighted by molar-refractivity contribution is 0.0919. The van der Waals surface area contributed by atoms with E-state index in [-0.39, 0.29) is 11.7 Å². The van der Waals surface area contributed by atoms with Gasteiger partial charge < -0.3 is 9.84 Å². The van der Waals surface area contributed by atoms with Gasteiger partial charge in [-0.25, -0.2) is 0 Å². The van der Waals surface area contributed by atoms with Crippen LogP contribution in [0.2, 0.25) is 0 Å². The summed E-state index contributed by atoms with van der Waals surface area (Å²) in [5.74, 6) is 0.0295. The van der Waals surface area contributed by atoms with Gasteiger partial charge in [0.15, 0.2) is 0 Å². The van der Waals surface area contributed by atoms with Crippen molar-refractivity contribution in [3.05, 3.63) is 18.0 Å². The number of hydrogen-bond donors (Lipinski definition) is 1. The number of amides is 1. The third-order valence-electron chi connectivity index (χ3n) is 0.999. The first-order chi connectivity index (χ1) is 4.84. The number of carbonyl (C=O) groups is 1. The Morgan fingerprint density at radius 1 is 1.90 bits per heavy atom. The van der Waals surface area contributed by atoms with Crippen molar-refractivity contribution in [1.29, 1.82) is 0 Å². The fourth-order valence-corrected chi connectivity index (χ4v) is 0.581. The Hall–Kier alpha value is -1.32. The van der Waals surface area contributed by atoms with Gasteiger partial charge in [-0.05, 0) is 6.92 Å². The molecule has 0 bridgehead atoms. The Labute approximate surface area is 58.2 Å². The van der Waals surface area contributed by atoms with Gasteiger partial charge in [0.2, 0.25) is 5.76 Å². The predicted octanol–water partition coefficient (Wildman–Crippen LogP) is 0.424. The number of rotatable bonds is 2. The molecule has 0 radical (unpaired) electrons. The normalized spacial score (nSPS) is 9.30. The first-order valence-corrected chi connectivity index (χ1v) is 3.03. The first kappa shape index (κ1) is 6.80. The van der Waals surface area contributed by atoms with Gasteiger partial charge in [-0.3, -0.25) is 4.79 Å². The largest absolute Gasteiger partial charge is 0.351 e. The molecule has 0 aliphatic heterocycles. The summed E-state index contributed by atoms with van der Waals surface area (Å²) in [5, 5.41) is 5.96. The van der Waals surface area contributed by atoms with Crippen molar-refractivity contribution in [3.63, 3.8) is 0 Å². The van der Waals surface area contributed by atoms with Crippen LogP contribution in [-0.2, 0) is 0 Å². The van der Waals surface area contributed by atoms with Gasteiger partial charge >= 0.3 is 0 Å². The molecule has 0 unspecified atom stereocenters. The highest BCUT2D eigenvalue weighted by atomic mass is 16.5. The van der Waals surface area contributed by atoms with Crippen LogP contribution >= 0.6 is 0 Å². The minimum absolute atomic E-state index is 0.222. The number of aromatic nitrogens is 1. The van der Waals surface area contributed by atoms with Crippen LogP contribution in [0.4, 0.5) is 0 Å². The Bertz CT molecular complexity index is 206. The second kappa shape index (κ2) is 3.00. The maximum Gasteiger partial charge on any atom is 0.289 e. The number of nitrogens with one attached hydrogen (secondary N) is 1. The van der Waals surface area contributed by atoms with Gasteiger partial charge in [-0.2, -0.15) is 0 Å². The summed E-state index contributed by atoms with van der Waals surface area (Å²) in [7, 11) is 0. The molecule has 4 nitrogen and oxygen atoms in total. The molecule has 1 aromatic heterocycles. The lowest BCUT2D eigenvalue weighted by Crippen LogP contribution is -2.21. The smallest absolute Gasteiger partial charge is 0.289 e. The molecule has 0 aliphatic carbocycles. The molecule has 0 spiro atoms. The third-order valence-corrected chi connectivity index (χ3v) is 0.999. The van der Waals surface area contributed by atoms with Crippen molar-refractivity contribution < 1.29 is 9.32 Å². The van der Waals surface area contributed by atoms with E-state index in [1.165, 1.54) is 12.3 Å². The van der Waals surface area contributed by atoms with Gasteiger partial charge in [0.1, 0.15) is 0 Å². The van der Waals surface area contributed by atoms with Crippen LogP contribution in [0.5, 0.6) is 0 Å². The fourth-order valence-electron chi connectivity index (χ4n) is 0.581. The van der Waals surface area contributed by atoms with Gasteiger partial charge in [-0.15, -0.1) is 0 Å². The first-order valence-electron chi connectivity index (χ1n) is 3.03. The molecule has 0 fully saturated rings. The lowest BCUT2D eigenvalue weighted by Gasteiger charge is -1.93. The topological polar surface area (TPSA) is 55.1 Å². The second-order valence-electron chi connectivity index (χ2n) is 1.74. The molecule has 4 heteroatoms. The molecule has 1 rings (SSSR count). The lowest BCUT2D eigenvalue weighted by atomic mass is 10.4. The van der Waals surface area contributed by atoms with E-state index < -0.39 is 0 Å². The third kappa shape index (κ3) is 1.34. The Balaban J connectivity index is 2.59. The SMILES string of the molecule is CCNC(=O)c1ccno1. The highest BCUT2D eigenvalue weighted by molar-refractivity contribution is 5.91. The number of hydrogen-bond acceptors (Lipinski definition) is 3. The molecular weight excluding hydrogens is 132 g/mol. The van der Waals surface area contributed by atoms with E-state index in [2.05, 4.69) is 15.0 Å². The minimum Gasteiger partial charge on any atom is -0.351 e. The van der Waals surface area contributed by atoms with Crippen molar-refractivity contribution in [3.8, 4) is 0 Å². The molecule has 0 aromatic carbocycles. The highest BCUT2D eigenvalue weighted by Gasteiger charge is 2.05. The molecule has 1 N–H and O–H groups in total. The molecule has 1 heterocycles. The summed E-state index contributed by atoms with van der Waals surface area (Å²) in [4.78, 5) is 10.9. The van der Waals surface area contributed by atoms with E-state index in [0.29, 0.717) is 6.54 Å². The Morgan fingerprint density at radius 2 is 2.70 bits per heavy atom. The van der Waals surface area contributed by atoms with Crippen molar-refractivity contribution >= 4 is 5.91 Å². The summed E-state index contributed by atoms with van der Waals surface area (Å²) in [6, 6.07) is 1.52. The quantitative estimate of drug-likeness (QED) is 0.647. The van der Waals surface area contributed by atoms with E-state index >= 15 is 0 Å². The monoisotopic (exact) mass is 140 g/mol. The van der Waals surface area contributed by atoms with Crippen LogP contribution < -0.4 is 5.32 Å².